The van der Waals surface area contributed by atoms with Gasteiger partial charge in [-0.25, -0.2) is 8.42 Å². The quantitative estimate of drug-likeness (QED) is 0.829. The summed E-state index contributed by atoms with van der Waals surface area (Å²) in [6.45, 7) is 5.30. The summed E-state index contributed by atoms with van der Waals surface area (Å²) >= 11 is 0. The molecule has 2 aliphatic heterocycles. The van der Waals surface area contributed by atoms with E-state index in [1.807, 2.05) is 0 Å². The highest BCUT2D eigenvalue weighted by Gasteiger charge is 2.31. The molecule has 0 N–H and O–H groups in total. The monoisotopic (exact) mass is 358 g/mol. The first-order valence-electron chi connectivity index (χ1n) is 8.52. The summed E-state index contributed by atoms with van der Waals surface area (Å²) in [5.41, 5.74) is 0.899. The Morgan fingerprint density at radius 3 is 2.17 bits per heavy atom. The van der Waals surface area contributed by atoms with E-state index in [1.54, 1.807) is 12.1 Å². The lowest BCUT2D eigenvalue weighted by molar-refractivity contribution is 0.163. The van der Waals surface area contributed by atoms with Crippen molar-refractivity contribution in [2.24, 2.45) is 0 Å². The average Bonchev–Trinajstić information content (AvgIpc) is 3.01. The molecule has 0 aliphatic carbocycles. The number of rotatable bonds is 4. The first-order chi connectivity index (χ1) is 11.4. The van der Waals surface area contributed by atoms with Gasteiger partial charge >= 0.3 is 5.76 Å². The molecular weight excluding hydrogens is 334 g/mol. The van der Waals surface area contributed by atoms with Crippen LogP contribution in [0.2, 0.25) is 0 Å². The molecule has 3 rings (SSSR count). The van der Waals surface area contributed by atoms with E-state index in [2.05, 4.69) is 16.7 Å². The molecule has 2 heterocycles. The maximum Gasteiger partial charge on any atom is 0.341 e. The van der Waals surface area contributed by atoms with Crippen LogP contribution in [-0.4, -0.2) is 50.8 Å². The standard InChI is InChI=1S/C17H24F2N2O2S/c1-13-3-2-10-21(13)15-8-11-20(12-9-15)14-4-6-16(7-5-14)24(22,23)17(18)19/h4-7,13,15,17H,2-3,8-12H2,1H3. The average molecular weight is 358 g/mol. The minimum Gasteiger partial charge on any atom is -0.371 e. The lowest BCUT2D eigenvalue weighted by Gasteiger charge is -2.39. The van der Waals surface area contributed by atoms with E-state index in [-0.39, 0.29) is 4.90 Å². The van der Waals surface area contributed by atoms with Gasteiger partial charge in [-0.15, -0.1) is 0 Å². The van der Waals surface area contributed by atoms with Gasteiger partial charge in [-0.3, -0.25) is 4.90 Å². The molecule has 1 aromatic rings. The Balaban J connectivity index is 1.63. The predicted octanol–water partition coefficient (Wildman–Crippen LogP) is 3.14. The van der Waals surface area contributed by atoms with Crippen LogP contribution in [-0.2, 0) is 9.84 Å². The third kappa shape index (κ3) is 3.42. The first kappa shape index (κ1) is 17.6. The predicted molar refractivity (Wildman–Crippen MR) is 90.3 cm³/mol. The molecule has 1 atom stereocenters. The fraction of sp³-hybridized carbons (Fsp3) is 0.647. The Kier molecular flexibility index (Phi) is 5.11. The van der Waals surface area contributed by atoms with Crippen LogP contribution in [0.4, 0.5) is 14.5 Å². The molecule has 7 heteroatoms. The van der Waals surface area contributed by atoms with E-state index in [0.717, 1.165) is 31.6 Å². The topological polar surface area (TPSA) is 40.6 Å². The molecule has 2 aliphatic rings. The molecule has 0 bridgehead atoms. The molecular formula is C17H24F2N2O2S. The Hall–Kier alpha value is -1.21. The smallest absolute Gasteiger partial charge is 0.341 e. The number of nitrogens with zero attached hydrogens (tertiary/aromatic N) is 2. The molecule has 4 nitrogen and oxygen atoms in total. The van der Waals surface area contributed by atoms with Crippen LogP contribution in [0.5, 0.6) is 0 Å². The fourth-order valence-electron chi connectivity index (χ4n) is 3.90. The molecule has 1 unspecified atom stereocenters. The minimum absolute atomic E-state index is 0.318. The van der Waals surface area contributed by atoms with Crippen LogP contribution >= 0.6 is 0 Å². The van der Waals surface area contributed by atoms with Crippen molar-refractivity contribution < 1.29 is 17.2 Å². The van der Waals surface area contributed by atoms with Gasteiger partial charge in [0.2, 0.25) is 9.84 Å². The molecule has 2 fully saturated rings. The zero-order valence-corrected chi connectivity index (χ0v) is 14.7. The zero-order chi connectivity index (χ0) is 17.3. The highest BCUT2D eigenvalue weighted by atomic mass is 32.2. The van der Waals surface area contributed by atoms with Crippen molar-refractivity contribution in [3.05, 3.63) is 24.3 Å². The van der Waals surface area contributed by atoms with Crippen molar-refractivity contribution >= 4 is 15.5 Å². The summed E-state index contributed by atoms with van der Waals surface area (Å²) in [7, 11) is -4.51. The van der Waals surface area contributed by atoms with Gasteiger partial charge in [0.05, 0.1) is 4.90 Å². The highest BCUT2D eigenvalue weighted by molar-refractivity contribution is 7.91. The third-order valence-corrected chi connectivity index (χ3v) is 6.70. The van der Waals surface area contributed by atoms with E-state index in [9.17, 15) is 17.2 Å². The molecule has 134 valence electrons. The number of halogens is 2. The number of hydrogen-bond acceptors (Lipinski definition) is 4. The number of benzene rings is 1. The maximum atomic E-state index is 12.6. The Morgan fingerprint density at radius 2 is 1.67 bits per heavy atom. The van der Waals surface area contributed by atoms with Crippen LogP contribution in [0.25, 0.3) is 0 Å². The van der Waals surface area contributed by atoms with Gasteiger partial charge in [-0.05, 0) is 63.4 Å². The number of hydrogen-bond donors (Lipinski definition) is 0. The van der Waals surface area contributed by atoms with Crippen LogP contribution in [0.15, 0.2) is 29.2 Å². The number of likely N-dealkylation sites (tertiary alicyclic amines) is 1. The third-order valence-electron chi connectivity index (χ3n) is 5.30. The van der Waals surface area contributed by atoms with E-state index in [0.29, 0.717) is 12.1 Å². The second kappa shape index (κ2) is 6.96. The summed E-state index contributed by atoms with van der Waals surface area (Å²) in [6.07, 6.45) is 4.73. The fourth-order valence-corrected chi connectivity index (χ4v) is 4.62. The van der Waals surface area contributed by atoms with Crippen molar-refractivity contribution in [1.82, 2.24) is 4.90 Å². The minimum atomic E-state index is -4.51. The molecule has 0 radical (unpaired) electrons. The lowest BCUT2D eigenvalue weighted by Crippen LogP contribution is -2.46. The molecule has 0 saturated carbocycles. The lowest BCUT2D eigenvalue weighted by atomic mass is 10.0. The molecule has 1 aromatic carbocycles. The van der Waals surface area contributed by atoms with Crippen LogP contribution < -0.4 is 4.90 Å². The normalized spacial score (nSPS) is 24.0. The summed E-state index contributed by atoms with van der Waals surface area (Å²) in [4.78, 5) is 4.49. The van der Waals surface area contributed by atoms with Gasteiger partial charge in [0.1, 0.15) is 0 Å². The first-order valence-corrected chi connectivity index (χ1v) is 10.1. The molecule has 24 heavy (non-hydrogen) atoms. The molecule has 2 saturated heterocycles. The van der Waals surface area contributed by atoms with Crippen molar-refractivity contribution in [2.75, 3.05) is 24.5 Å². The molecule has 0 amide bonds. The molecule has 0 spiro atoms. The zero-order valence-electron chi connectivity index (χ0n) is 13.9. The van der Waals surface area contributed by atoms with E-state index < -0.39 is 15.6 Å². The van der Waals surface area contributed by atoms with Gasteiger partial charge in [0.15, 0.2) is 0 Å². The highest BCUT2D eigenvalue weighted by Crippen LogP contribution is 2.28. The Labute approximate surface area is 142 Å². The number of anilines is 1. The van der Waals surface area contributed by atoms with Crippen LogP contribution in [0.1, 0.15) is 32.6 Å². The largest absolute Gasteiger partial charge is 0.371 e. The molecule has 0 aromatic heterocycles. The van der Waals surface area contributed by atoms with E-state index in [4.69, 9.17) is 0 Å². The van der Waals surface area contributed by atoms with Gasteiger partial charge in [-0.1, -0.05) is 0 Å². The summed E-state index contributed by atoms with van der Waals surface area (Å²) in [5, 5.41) is 0. The number of alkyl halides is 2. The Bertz CT molecular complexity index is 656. The van der Waals surface area contributed by atoms with Crippen LogP contribution in [0.3, 0.4) is 0 Å². The summed E-state index contributed by atoms with van der Waals surface area (Å²) < 4.78 is 48.1. The van der Waals surface area contributed by atoms with Gasteiger partial charge in [-0.2, -0.15) is 8.78 Å². The maximum absolute atomic E-state index is 12.6. The van der Waals surface area contributed by atoms with Crippen molar-refractivity contribution in [2.45, 2.75) is 55.3 Å². The SMILES string of the molecule is CC1CCCN1C1CCN(c2ccc(S(=O)(=O)C(F)F)cc2)CC1. The number of sulfone groups is 1. The number of piperidine rings is 1. The van der Waals surface area contributed by atoms with Gasteiger partial charge in [0, 0.05) is 30.9 Å². The van der Waals surface area contributed by atoms with Crippen LogP contribution in [0, 0.1) is 0 Å². The second-order valence-electron chi connectivity index (χ2n) is 6.75. The van der Waals surface area contributed by atoms with E-state index in [1.165, 1.54) is 31.5 Å². The van der Waals surface area contributed by atoms with Crippen molar-refractivity contribution in [3.8, 4) is 0 Å². The van der Waals surface area contributed by atoms with Gasteiger partial charge in [0.25, 0.3) is 0 Å². The van der Waals surface area contributed by atoms with Crippen molar-refractivity contribution in [3.63, 3.8) is 0 Å². The van der Waals surface area contributed by atoms with Gasteiger partial charge < -0.3 is 4.90 Å². The van der Waals surface area contributed by atoms with E-state index >= 15 is 0 Å². The Morgan fingerprint density at radius 1 is 1.04 bits per heavy atom. The summed E-state index contributed by atoms with van der Waals surface area (Å²) in [5.74, 6) is -3.37. The van der Waals surface area contributed by atoms with Crippen molar-refractivity contribution in [1.29, 1.82) is 0 Å². The summed E-state index contributed by atoms with van der Waals surface area (Å²) in [6, 6.07) is 7.12. The second-order valence-corrected chi connectivity index (χ2v) is 8.66.